The fourth-order valence-corrected chi connectivity index (χ4v) is 3.32. The summed E-state index contributed by atoms with van der Waals surface area (Å²) in [6, 6.07) is 16.8. The van der Waals surface area contributed by atoms with E-state index in [4.69, 9.17) is 30.5 Å². The normalized spacial score (nSPS) is 10.5. The molecular formula is C27H25ClN2O6. The van der Waals surface area contributed by atoms with Crippen LogP contribution in [0.3, 0.4) is 0 Å². The van der Waals surface area contributed by atoms with E-state index in [1.807, 2.05) is 12.1 Å². The summed E-state index contributed by atoms with van der Waals surface area (Å²) < 4.78 is 21.6. The Kier molecular flexibility index (Phi) is 9.48. The van der Waals surface area contributed by atoms with Gasteiger partial charge in [-0.05, 0) is 60.0 Å². The van der Waals surface area contributed by atoms with Crippen molar-refractivity contribution in [3.63, 3.8) is 0 Å². The number of amides is 1. The van der Waals surface area contributed by atoms with Gasteiger partial charge in [0.2, 0.25) is 0 Å². The minimum absolute atomic E-state index is 0.213. The summed E-state index contributed by atoms with van der Waals surface area (Å²) in [5.41, 5.74) is 4.25. The molecule has 0 atom stereocenters. The molecule has 3 rings (SSSR count). The molecule has 1 amide bonds. The van der Waals surface area contributed by atoms with Crippen LogP contribution in [0.15, 0.2) is 78.4 Å². The van der Waals surface area contributed by atoms with Gasteiger partial charge in [-0.1, -0.05) is 35.9 Å². The van der Waals surface area contributed by atoms with Gasteiger partial charge in [0.05, 0.1) is 31.0 Å². The highest BCUT2D eigenvalue weighted by Crippen LogP contribution is 2.30. The first-order valence-electron chi connectivity index (χ1n) is 10.8. The molecule has 0 saturated carbocycles. The third kappa shape index (κ3) is 7.10. The van der Waals surface area contributed by atoms with Crippen molar-refractivity contribution in [3.05, 3.63) is 95.0 Å². The number of hydrazone groups is 1. The maximum atomic E-state index is 12.4. The van der Waals surface area contributed by atoms with Crippen molar-refractivity contribution in [1.82, 2.24) is 5.43 Å². The van der Waals surface area contributed by atoms with E-state index in [2.05, 4.69) is 17.1 Å². The van der Waals surface area contributed by atoms with Crippen LogP contribution in [0.25, 0.3) is 0 Å². The first kappa shape index (κ1) is 26.3. The van der Waals surface area contributed by atoms with Crippen LogP contribution in [0.1, 0.15) is 21.5 Å². The first-order chi connectivity index (χ1) is 17.4. The largest absolute Gasteiger partial charge is 0.493 e. The molecule has 0 radical (unpaired) electrons. The molecular weight excluding hydrogens is 484 g/mol. The van der Waals surface area contributed by atoms with Gasteiger partial charge in [-0.3, -0.25) is 4.79 Å². The Bertz CT molecular complexity index is 1270. The molecule has 9 heteroatoms. The number of nitrogens with one attached hydrogen (secondary N) is 1. The van der Waals surface area contributed by atoms with E-state index in [0.717, 1.165) is 5.56 Å². The van der Waals surface area contributed by atoms with Crippen molar-refractivity contribution in [2.24, 2.45) is 5.10 Å². The Balaban J connectivity index is 1.57. The lowest BCUT2D eigenvalue weighted by Crippen LogP contribution is -2.24. The first-order valence-corrected chi connectivity index (χ1v) is 11.2. The van der Waals surface area contributed by atoms with Crippen molar-refractivity contribution < 1.29 is 28.5 Å². The Hall–Kier alpha value is -4.30. The number of allylic oxidation sites excluding steroid dienone is 1. The van der Waals surface area contributed by atoms with E-state index in [1.54, 1.807) is 54.6 Å². The second kappa shape index (κ2) is 13.0. The Morgan fingerprint density at radius 3 is 2.42 bits per heavy atom. The molecule has 0 saturated heterocycles. The number of esters is 1. The lowest BCUT2D eigenvalue weighted by molar-refractivity contribution is -0.123. The van der Waals surface area contributed by atoms with Gasteiger partial charge in [-0.15, -0.1) is 6.58 Å². The molecule has 0 heterocycles. The zero-order valence-electron chi connectivity index (χ0n) is 19.8. The van der Waals surface area contributed by atoms with Gasteiger partial charge in [-0.2, -0.15) is 5.10 Å². The zero-order chi connectivity index (χ0) is 25.9. The molecule has 0 aliphatic heterocycles. The highest BCUT2D eigenvalue weighted by atomic mass is 35.5. The van der Waals surface area contributed by atoms with Crippen molar-refractivity contribution in [3.8, 4) is 23.0 Å². The molecule has 186 valence electrons. The SMILES string of the molecule is C=CCc1ccc(OCC(=O)NN=Cc2ccc(OC(=O)c3ccccc3Cl)c(OC)c2)c(OC)c1. The maximum Gasteiger partial charge on any atom is 0.345 e. The molecule has 0 aliphatic carbocycles. The van der Waals surface area contributed by atoms with E-state index in [9.17, 15) is 9.59 Å². The monoisotopic (exact) mass is 508 g/mol. The van der Waals surface area contributed by atoms with Crippen LogP contribution in [0, 0.1) is 0 Å². The average molecular weight is 509 g/mol. The van der Waals surface area contributed by atoms with Crippen LogP contribution < -0.4 is 24.4 Å². The molecule has 0 spiro atoms. The molecule has 0 bridgehead atoms. The third-order valence-corrected chi connectivity index (χ3v) is 5.18. The van der Waals surface area contributed by atoms with Gasteiger partial charge in [0.15, 0.2) is 29.6 Å². The van der Waals surface area contributed by atoms with E-state index in [-0.39, 0.29) is 22.9 Å². The van der Waals surface area contributed by atoms with Crippen LogP contribution >= 0.6 is 11.6 Å². The summed E-state index contributed by atoms with van der Waals surface area (Å²) in [6.07, 6.45) is 3.91. The van der Waals surface area contributed by atoms with Crippen LogP contribution in [-0.4, -0.2) is 38.9 Å². The Labute approximate surface area is 214 Å². The van der Waals surface area contributed by atoms with Gasteiger partial charge < -0.3 is 18.9 Å². The van der Waals surface area contributed by atoms with E-state index < -0.39 is 11.9 Å². The highest BCUT2D eigenvalue weighted by Gasteiger charge is 2.15. The molecule has 3 aromatic rings. The quantitative estimate of drug-likeness (QED) is 0.131. The zero-order valence-corrected chi connectivity index (χ0v) is 20.6. The van der Waals surface area contributed by atoms with Crippen molar-refractivity contribution in [1.29, 1.82) is 0 Å². The summed E-state index contributed by atoms with van der Waals surface area (Å²) in [4.78, 5) is 24.6. The van der Waals surface area contributed by atoms with Crippen LogP contribution in [0.5, 0.6) is 23.0 Å². The number of carbonyl (C=O) groups is 2. The minimum Gasteiger partial charge on any atom is -0.493 e. The lowest BCUT2D eigenvalue weighted by Gasteiger charge is -2.11. The molecule has 36 heavy (non-hydrogen) atoms. The number of methoxy groups -OCH3 is 2. The maximum absolute atomic E-state index is 12.4. The lowest BCUT2D eigenvalue weighted by atomic mass is 10.1. The summed E-state index contributed by atoms with van der Waals surface area (Å²) in [6.45, 7) is 3.46. The van der Waals surface area contributed by atoms with Gasteiger partial charge >= 0.3 is 5.97 Å². The number of hydrogen-bond donors (Lipinski definition) is 1. The summed E-state index contributed by atoms with van der Waals surface area (Å²) in [5.74, 6) is 0.413. The standard InChI is InChI=1S/C27H25ClN2O6/c1-4-7-18-10-12-22(24(14-18)33-2)35-17-26(31)30-29-16-19-11-13-23(25(15-19)34-3)36-27(32)20-8-5-6-9-21(20)28/h4-6,8-16H,1,7,17H2,2-3H3,(H,30,31). The van der Waals surface area contributed by atoms with Crippen LogP contribution in [0.4, 0.5) is 0 Å². The number of ether oxygens (including phenoxy) is 4. The fraction of sp³-hybridized carbons (Fsp3) is 0.148. The molecule has 0 aliphatic rings. The molecule has 1 N–H and O–H groups in total. The number of halogens is 1. The predicted octanol–water partition coefficient (Wildman–Crippen LogP) is 4.83. The number of carbonyl (C=O) groups excluding carboxylic acids is 2. The number of benzene rings is 3. The van der Waals surface area contributed by atoms with Gasteiger partial charge in [0.1, 0.15) is 0 Å². The van der Waals surface area contributed by atoms with E-state index >= 15 is 0 Å². The second-order valence-corrected chi connectivity index (χ2v) is 7.75. The summed E-state index contributed by atoms with van der Waals surface area (Å²) in [7, 11) is 2.97. The van der Waals surface area contributed by atoms with Crippen LogP contribution in [0.2, 0.25) is 5.02 Å². The van der Waals surface area contributed by atoms with Crippen molar-refractivity contribution >= 4 is 29.7 Å². The predicted molar refractivity (Wildman–Crippen MR) is 138 cm³/mol. The fourth-order valence-electron chi connectivity index (χ4n) is 3.11. The second-order valence-electron chi connectivity index (χ2n) is 7.34. The highest BCUT2D eigenvalue weighted by molar-refractivity contribution is 6.33. The van der Waals surface area contributed by atoms with Gasteiger partial charge in [0, 0.05) is 0 Å². The van der Waals surface area contributed by atoms with Gasteiger partial charge in [-0.25, -0.2) is 10.2 Å². The minimum atomic E-state index is -0.612. The topological polar surface area (TPSA) is 95.5 Å². The number of hydrogen-bond acceptors (Lipinski definition) is 7. The van der Waals surface area contributed by atoms with Gasteiger partial charge in [0.25, 0.3) is 5.91 Å². The van der Waals surface area contributed by atoms with Crippen LogP contribution in [-0.2, 0) is 11.2 Å². The molecule has 3 aromatic carbocycles. The smallest absolute Gasteiger partial charge is 0.345 e. The average Bonchev–Trinajstić information content (AvgIpc) is 2.88. The Morgan fingerprint density at radius 2 is 1.69 bits per heavy atom. The third-order valence-electron chi connectivity index (χ3n) is 4.85. The van der Waals surface area contributed by atoms with Crippen molar-refractivity contribution in [2.75, 3.05) is 20.8 Å². The number of rotatable bonds is 11. The van der Waals surface area contributed by atoms with Crippen molar-refractivity contribution in [2.45, 2.75) is 6.42 Å². The van der Waals surface area contributed by atoms with E-state index in [0.29, 0.717) is 29.2 Å². The molecule has 8 nitrogen and oxygen atoms in total. The summed E-state index contributed by atoms with van der Waals surface area (Å²) >= 11 is 6.05. The van der Waals surface area contributed by atoms with E-state index in [1.165, 1.54) is 20.4 Å². The Morgan fingerprint density at radius 1 is 0.972 bits per heavy atom. The molecule has 0 unspecified atom stereocenters. The summed E-state index contributed by atoms with van der Waals surface area (Å²) in [5, 5.41) is 4.22. The molecule has 0 fully saturated rings. The number of nitrogens with zero attached hydrogens (tertiary/aromatic N) is 1. The molecule has 0 aromatic heterocycles.